The molecule has 0 saturated carbocycles. The maximum absolute atomic E-state index is 8.83. The quantitative estimate of drug-likeness (QED) is 0.300. The Hall–Kier alpha value is -3.56. The van der Waals surface area contributed by atoms with E-state index in [0.717, 1.165) is 6.54 Å². The molecule has 5 aromatic rings. The molecule has 0 bridgehead atoms. The predicted molar refractivity (Wildman–Crippen MR) is 144 cm³/mol. The number of hydrogen-bond donors (Lipinski definition) is 3. The van der Waals surface area contributed by atoms with E-state index in [2.05, 4.69) is 125 Å². The molecule has 0 spiro atoms. The van der Waals surface area contributed by atoms with E-state index in [4.69, 9.17) is 18.6 Å². The number of nitrogens with zero attached hydrogens (tertiary/aromatic N) is 2. The standard InChI is InChI=1S/C29H23N2S.ClH3O4/c1-2-30-17-16-22(24-12-6-8-14-26(24)30)18-23-19-29-31(27-15-9-7-13-25(23)27)28(20-32-29)21-10-4-3-5-11-21;2-1(3,4)5/h3-20H,2H2,1H3;2-4H/q+1;. The summed E-state index contributed by atoms with van der Waals surface area (Å²) in [5, 5.41) is 3.53. The van der Waals surface area contributed by atoms with Gasteiger partial charge in [0.05, 0.1) is 10.8 Å². The topological polar surface area (TPSA) is 91.1 Å². The van der Waals surface area contributed by atoms with Crippen molar-refractivity contribution >= 4 is 44.4 Å². The van der Waals surface area contributed by atoms with Gasteiger partial charge in [-0.15, -0.1) is 4.40 Å². The third-order valence-corrected chi connectivity index (χ3v) is 7.05. The zero-order chi connectivity index (χ0) is 26.0. The minimum atomic E-state index is -4.19. The van der Waals surface area contributed by atoms with E-state index in [1.54, 1.807) is 11.3 Å². The van der Waals surface area contributed by atoms with Gasteiger partial charge in [0.1, 0.15) is 0 Å². The number of hydrogen-bond acceptors (Lipinski definition) is 6. The molecule has 0 aliphatic carbocycles. The van der Waals surface area contributed by atoms with Crippen LogP contribution in [0.4, 0.5) is 5.69 Å². The van der Waals surface area contributed by atoms with E-state index in [-0.39, 0.29) is 0 Å². The van der Waals surface area contributed by atoms with Crippen LogP contribution in [0.25, 0.3) is 38.6 Å². The zero-order valence-corrected chi connectivity index (χ0v) is 21.6. The van der Waals surface area contributed by atoms with Gasteiger partial charge in [-0.3, -0.25) is 0 Å². The molecule has 1 aliphatic rings. The van der Waals surface area contributed by atoms with Gasteiger partial charge in [0.15, 0.2) is 0 Å². The van der Waals surface area contributed by atoms with Gasteiger partial charge in [0.25, 0.3) is 4.83 Å². The Bertz CT molecular complexity index is 1620. The third-order valence-electron chi connectivity index (χ3n) is 6.17. The molecule has 0 radical (unpaired) electrons. The molecule has 1 aliphatic heterocycles. The monoisotopic (exact) mass is 533 g/mol. The van der Waals surface area contributed by atoms with Crippen LogP contribution in [0.2, 0.25) is 0 Å². The summed E-state index contributed by atoms with van der Waals surface area (Å²) in [4.78, 5) is 3.55. The molecule has 0 amide bonds. The van der Waals surface area contributed by atoms with E-state index >= 15 is 0 Å². The van der Waals surface area contributed by atoms with Gasteiger partial charge in [0, 0.05) is 41.7 Å². The number of aromatic nitrogens is 1. The second-order valence-electron chi connectivity index (χ2n) is 8.43. The van der Waals surface area contributed by atoms with Gasteiger partial charge in [-0.1, -0.05) is 59.9 Å². The molecule has 3 aromatic carbocycles. The molecule has 0 unspecified atom stereocenters. The van der Waals surface area contributed by atoms with Crippen molar-refractivity contribution in [2.75, 3.05) is 11.4 Å². The summed E-state index contributed by atoms with van der Waals surface area (Å²) in [6, 6.07) is 30.4. The molecule has 0 saturated heterocycles. The second kappa shape index (κ2) is 10.4. The minimum absolute atomic E-state index is 0.962. The van der Waals surface area contributed by atoms with Crippen LogP contribution in [0.3, 0.4) is 0 Å². The fraction of sp³-hybridized carbons (Fsp3) is 0.0690. The average Bonchev–Trinajstić information content (AvgIpc) is 3.33. The van der Waals surface area contributed by atoms with Crippen molar-refractivity contribution in [1.29, 1.82) is 0 Å². The van der Waals surface area contributed by atoms with Crippen LogP contribution in [0, 0.1) is 10.2 Å². The molecule has 2 aromatic heterocycles. The molecule has 188 valence electrons. The van der Waals surface area contributed by atoms with Crippen LogP contribution in [-0.4, -0.2) is 20.5 Å². The number of para-hydroxylation sites is 2. The van der Waals surface area contributed by atoms with E-state index < -0.39 is 10.2 Å². The first-order chi connectivity index (χ1) is 17.8. The fourth-order valence-corrected chi connectivity index (χ4v) is 5.59. The van der Waals surface area contributed by atoms with Gasteiger partial charge in [0.2, 0.25) is 11.2 Å². The summed E-state index contributed by atoms with van der Waals surface area (Å²) in [6.07, 6.45) is 6.77. The van der Waals surface area contributed by atoms with Crippen LogP contribution in [0.1, 0.15) is 18.1 Å². The summed E-state index contributed by atoms with van der Waals surface area (Å²) in [7, 11) is -4.19. The predicted octanol–water partition coefficient (Wildman–Crippen LogP) is 4.34. The fourth-order valence-electron chi connectivity index (χ4n) is 4.61. The Morgan fingerprint density at radius 2 is 1.62 bits per heavy atom. The van der Waals surface area contributed by atoms with Crippen molar-refractivity contribution in [2.24, 2.45) is 0 Å². The average molecular weight is 534 g/mol. The number of fused-ring (bicyclic) bond motifs is 4. The molecule has 0 fully saturated rings. The Morgan fingerprint density at radius 1 is 0.946 bits per heavy atom. The SMILES string of the molecule is CCN1C=C/C(=C\c2cc3scc(-c4ccccc4)[n+]3c3ccccc23)c2ccccc21.[O-][Cl+](O)(O)O. The first kappa shape index (κ1) is 25.1. The molecule has 0 atom stereocenters. The van der Waals surface area contributed by atoms with Gasteiger partial charge in [-0.25, -0.2) is 0 Å². The van der Waals surface area contributed by atoms with Crippen molar-refractivity contribution in [1.82, 2.24) is 0 Å². The van der Waals surface area contributed by atoms with Crippen molar-refractivity contribution in [2.45, 2.75) is 6.92 Å². The maximum atomic E-state index is 8.83. The normalized spacial score (nSPS) is 14.5. The van der Waals surface area contributed by atoms with Gasteiger partial charge in [-0.05, 0) is 54.5 Å². The summed E-state index contributed by atoms with van der Waals surface area (Å²) in [6.45, 7) is 3.15. The first-order valence-corrected chi connectivity index (χ1v) is 13.9. The number of pyridine rings is 1. The Labute approximate surface area is 220 Å². The van der Waals surface area contributed by atoms with E-state index in [9.17, 15) is 0 Å². The van der Waals surface area contributed by atoms with Crippen LogP contribution in [-0.2, 0) is 0 Å². The molecule has 8 heteroatoms. The number of halogens is 1. The summed E-state index contributed by atoms with van der Waals surface area (Å²) < 4.78 is 32.6. The third kappa shape index (κ3) is 5.42. The number of anilines is 1. The molecule has 6 nitrogen and oxygen atoms in total. The number of benzene rings is 3. The molecule has 3 N–H and O–H groups in total. The van der Waals surface area contributed by atoms with E-state index in [1.807, 2.05) is 0 Å². The number of allylic oxidation sites excluding steroid dienone is 2. The Balaban J connectivity index is 0.000000514. The van der Waals surface area contributed by atoms with Crippen molar-refractivity contribution < 1.29 is 33.3 Å². The molecular weight excluding hydrogens is 508 g/mol. The molecule has 3 heterocycles. The van der Waals surface area contributed by atoms with Crippen LogP contribution in [0.15, 0.2) is 103 Å². The van der Waals surface area contributed by atoms with Crippen LogP contribution < -0.4 is 14.0 Å². The summed E-state index contributed by atoms with van der Waals surface area (Å²) in [5.41, 5.74) is 8.77. The van der Waals surface area contributed by atoms with Gasteiger partial charge < -0.3 is 4.90 Å². The number of rotatable bonds is 3. The van der Waals surface area contributed by atoms with E-state index in [0.29, 0.717) is 0 Å². The van der Waals surface area contributed by atoms with Crippen LogP contribution in [0.5, 0.6) is 0 Å². The molecule has 6 rings (SSSR count). The van der Waals surface area contributed by atoms with Gasteiger partial charge in [-0.2, -0.15) is 0 Å². The van der Waals surface area contributed by atoms with Crippen molar-refractivity contribution in [3.05, 3.63) is 114 Å². The molecular formula is C29H26ClN2O4S+. The van der Waals surface area contributed by atoms with Crippen LogP contribution >= 0.6 is 11.3 Å². The Kier molecular flexibility index (Phi) is 7.08. The summed E-state index contributed by atoms with van der Waals surface area (Å²) >= 11 is 1.80. The van der Waals surface area contributed by atoms with Crippen molar-refractivity contribution in [3.63, 3.8) is 0 Å². The van der Waals surface area contributed by atoms with Gasteiger partial charge >= 0.3 is 28.9 Å². The van der Waals surface area contributed by atoms with E-state index in [1.165, 1.54) is 49.4 Å². The number of thiazole rings is 1. The van der Waals surface area contributed by atoms with Crippen molar-refractivity contribution in [3.8, 4) is 11.3 Å². The first-order valence-electron chi connectivity index (χ1n) is 11.7. The second-order valence-corrected chi connectivity index (χ2v) is 10.2. The summed E-state index contributed by atoms with van der Waals surface area (Å²) in [5.74, 6) is 0. The molecule has 37 heavy (non-hydrogen) atoms. The zero-order valence-electron chi connectivity index (χ0n) is 20.0. The Morgan fingerprint density at radius 3 is 2.38 bits per heavy atom.